The third kappa shape index (κ3) is 2.67. The van der Waals surface area contributed by atoms with Gasteiger partial charge in [0.05, 0.1) is 19.9 Å². The number of benzene rings is 1. The molecular weight excluding hydrogens is 286 g/mol. The van der Waals surface area contributed by atoms with Crippen molar-refractivity contribution < 1.29 is 23.5 Å². The van der Waals surface area contributed by atoms with Crippen LogP contribution in [0, 0.1) is 6.92 Å². The summed E-state index contributed by atoms with van der Waals surface area (Å²) in [4.78, 5) is 23.9. The van der Waals surface area contributed by atoms with Gasteiger partial charge in [-0.1, -0.05) is 29.8 Å². The monoisotopic (exact) mass is 303 g/mol. The number of nitrogens with one attached hydrogen (secondary N) is 1. The molecule has 2 aromatic rings. The van der Waals surface area contributed by atoms with Gasteiger partial charge in [-0.25, -0.2) is 9.59 Å². The van der Waals surface area contributed by atoms with E-state index in [4.69, 9.17) is 9.15 Å². The molecule has 0 saturated heterocycles. The van der Waals surface area contributed by atoms with E-state index in [0.717, 1.165) is 11.1 Å². The molecule has 22 heavy (non-hydrogen) atoms. The summed E-state index contributed by atoms with van der Waals surface area (Å²) in [6, 6.07) is 7.51. The number of anilines is 1. The lowest BCUT2D eigenvalue weighted by Gasteiger charge is -2.04. The lowest BCUT2D eigenvalue weighted by Crippen LogP contribution is -2.11. The fourth-order valence-electron chi connectivity index (χ4n) is 2.11. The third-order valence-electron chi connectivity index (χ3n) is 3.23. The fraction of sp³-hybridized carbons (Fsp3) is 0.250. The van der Waals surface area contributed by atoms with Crippen LogP contribution in [0.5, 0.6) is 0 Å². The zero-order valence-electron chi connectivity index (χ0n) is 12.9. The maximum absolute atomic E-state index is 12.0. The smallest absolute Gasteiger partial charge is 0.374 e. The predicted octanol–water partition coefficient (Wildman–Crippen LogP) is 2.87. The fourth-order valence-corrected chi connectivity index (χ4v) is 2.11. The topological polar surface area (TPSA) is 77.8 Å². The number of esters is 2. The first-order chi connectivity index (χ1) is 10.5. The quantitative estimate of drug-likeness (QED) is 0.875. The van der Waals surface area contributed by atoms with Crippen molar-refractivity contribution in [3.63, 3.8) is 0 Å². The van der Waals surface area contributed by atoms with E-state index in [0.29, 0.717) is 11.4 Å². The van der Waals surface area contributed by atoms with E-state index in [1.54, 1.807) is 7.05 Å². The number of hydrogen-bond acceptors (Lipinski definition) is 6. The molecule has 0 amide bonds. The average molecular weight is 303 g/mol. The van der Waals surface area contributed by atoms with E-state index in [1.807, 2.05) is 31.2 Å². The minimum absolute atomic E-state index is 0.0208. The minimum atomic E-state index is -0.740. The van der Waals surface area contributed by atoms with E-state index >= 15 is 0 Å². The highest BCUT2D eigenvalue weighted by Gasteiger charge is 2.31. The number of ether oxygens (including phenoxy) is 2. The Kier molecular flexibility index (Phi) is 4.50. The molecule has 6 nitrogen and oxygen atoms in total. The van der Waals surface area contributed by atoms with Crippen LogP contribution in [0.25, 0.3) is 11.3 Å². The Bertz CT molecular complexity index is 700. The van der Waals surface area contributed by atoms with E-state index in [9.17, 15) is 9.59 Å². The molecule has 0 radical (unpaired) electrons. The molecular formula is C16H17NO5. The highest BCUT2D eigenvalue weighted by molar-refractivity contribution is 6.08. The minimum Gasteiger partial charge on any atom is -0.465 e. The Morgan fingerprint density at radius 1 is 1.05 bits per heavy atom. The van der Waals surface area contributed by atoms with Crippen molar-refractivity contribution in [2.24, 2.45) is 0 Å². The molecule has 0 saturated carbocycles. The van der Waals surface area contributed by atoms with Crippen LogP contribution in [0.2, 0.25) is 0 Å². The summed E-state index contributed by atoms with van der Waals surface area (Å²) in [5.41, 5.74) is 2.22. The van der Waals surface area contributed by atoms with Crippen molar-refractivity contribution in [2.45, 2.75) is 6.92 Å². The third-order valence-corrected chi connectivity index (χ3v) is 3.23. The van der Waals surface area contributed by atoms with Crippen molar-refractivity contribution in [1.82, 2.24) is 0 Å². The molecule has 0 atom stereocenters. The van der Waals surface area contributed by atoms with E-state index in [2.05, 4.69) is 10.1 Å². The number of methoxy groups -OCH3 is 2. The predicted molar refractivity (Wildman–Crippen MR) is 81.1 cm³/mol. The first-order valence-electron chi connectivity index (χ1n) is 6.61. The summed E-state index contributed by atoms with van der Waals surface area (Å²) in [6.07, 6.45) is 0. The van der Waals surface area contributed by atoms with Crippen LogP contribution in [0.3, 0.4) is 0 Å². The number of furan rings is 1. The van der Waals surface area contributed by atoms with Gasteiger partial charge in [0.15, 0.2) is 5.76 Å². The lowest BCUT2D eigenvalue weighted by atomic mass is 10.1. The highest BCUT2D eigenvalue weighted by Crippen LogP contribution is 2.37. The molecule has 1 aromatic carbocycles. The van der Waals surface area contributed by atoms with Gasteiger partial charge in [0.25, 0.3) is 0 Å². The SMILES string of the molecule is CNc1c(-c2ccc(C)cc2)oc(C(=O)OC)c1C(=O)OC. The lowest BCUT2D eigenvalue weighted by molar-refractivity contribution is 0.0529. The molecule has 0 aliphatic heterocycles. The number of hydrogen-bond donors (Lipinski definition) is 1. The van der Waals surface area contributed by atoms with Crippen LogP contribution >= 0.6 is 0 Å². The molecule has 0 aliphatic rings. The van der Waals surface area contributed by atoms with Crippen LogP contribution in [0.15, 0.2) is 28.7 Å². The highest BCUT2D eigenvalue weighted by atomic mass is 16.5. The summed E-state index contributed by atoms with van der Waals surface area (Å²) >= 11 is 0. The Hall–Kier alpha value is -2.76. The van der Waals surface area contributed by atoms with E-state index < -0.39 is 11.9 Å². The largest absolute Gasteiger partial charge is 0.465 e. The first-order valence-corrected chi connectivity index (χ1v) is 6.61. The molecule has 0 aliphatic carbocycles. The summed E-state index contributed by atoms with van der Waals surface area (Å²) in [6.45, 7) is 1.96. The van der Waals surface area contributed by atoms with Gasteiger partial charge in [0, 0.05) is 12.6 Å². The van der Waals surface area contributed by atoms with Crippen LogP contribution in [0.4, 0.5) is 5.69 Å². The van der Waals surface area contributed by atoms with Gasteiger partial charge in [-0.05, 0) is 6.92 Å². The summed E-state index contributed by atoms with van der Waals surface area (Å²) in [5, 5.41) is 2.89. The normalized spacial score (nSPS) is 10.2. The van der Waals surface area contributed by atoms with Crippen LogP contribution in [-0.4, -0.2) is 33.2 Å². The standard InChI is InChI=1S/C16H17NO5/c1-9-5-7-10(8-6-9)13-12(17-2)11(15(18)20-3)14(22-13)16(19)21-4/h5-8,17H,1-4H3. The van der Waals surface area contributed by atoms with Gasteiger partial charge < -0.3 is 19.2 Å². The van der Waals surface area contributed by atoms with Crippen LogP contribution < -0.4 is 5.32 Å². The zero-order chi connectivity index (χ0) is 16.3. The second-order valence-electron chi connectivity index (χ2n) is 4.61. The summed E-state index contributed by atoms with van der Waals surface area (Å²) < 4.78 is 15.0. The number of carbonyl (C=O) groups is 2. The number of carbonyl (C=O) groups excluding carboxylic acids is 2. The van der Waals surface area contributed by atoms with Crippen molar-refractivity contribution in [3.05, 3.63) is 41.2 Å². The molecule has 1 aromatic heterocycles. The molecule has 0 fully saturated rings. The Labute approximate surface area is 128 Å². The molecule has 2 rings (SSSR count). The average Bonchev–Trinajstić information content (AvgIpc) is 2.93. The molecule has 0 unspecified atom stereocenters. The van der Waals surface area contributed by atoms with Gasteiger partial charge in [-0.15, -0.1) is 0 Å². The molecule has 116 valence electrons. The Balaban J connectivity index is 2.69. The van der Waals surface area contributed by atoms with E-state index in [-0.39, 0.29) is 11.3 Å². The van der Waals surface area contributed by atoms with Gasteiger partial charge >= 0.3 is 11.9 Å². The molecule has 0 bridgehead atoms. The van der Waals surface area contributed by atoms with Gasteiger partial charge in [-0.2, -0.15) is 0 Å². The van der Waals surface area contributed by atoms with Crippen molar-refractivity contribution >= 4 is 17.6 Å². The number of rotatable bonds is 4. The van der Waals surface area contributed by atoms with Crippen LogP contribution in [0.1, 0.15) is 26.5 Å². The molecule has 6 heteroatoms. The number of aryl methyl sites for hydroxylation is 1. The maximum atomic E-state index is 12.0. The second kappa shape index (κ2) is 6.34. The molecule has 1 heterocycles. The Morgan fingerprint density at radius 2 is 1.64 bits per heavy atom. The van der Waals surface area contributed by atoms with Crippen LogP contribution in [-0.2, 0) is 9.47 Å². The van der Waals surface area contributed by atoms with Crippen molar-refractivity contribution in [2.75, 3.05) is 26.6 Å². The second-order valence-corrected chi connectivity index (χ2v) is 4.61. The van der Waals surface area contributed by atoms with Crippen molar-refractivity contribution in [3.8, 4) is 11.3 Å². The van der Waals surface area contributed by atoms with Gasteiger partial charge in [0.1, 0.15) is 5.56 Å². The maximum Gasteiger partial charge on any atom is 0.374 e. The van der Waals surface area contributed by atoms with Crippen molar-refractivity contribution in [1.29, 1.82) is 0 Å². The van der Waals surface area contributed by atoms with Gasteiger partial charge in [0.2, 0.25) is 5.76 Å². The Morgan fingerprint density at radius 3 is 2.14 bits per heavy atom. The molecule has 0 spiro atoms. The van der Waals surface area contributed by atoms with E-state index in [1.165, 1.54) is 14.2 Å². The molecule has 1 N–H and O–H groups in total. The summed E-state index contributed by atoms with van der Waals surface area (Å²) in [5.74, 6) is -1.22. The first kappa shape index (κ1) is 15.6. The zero-order valence-corrected chi connectivity index (χ0v) is 12.9. The summed E-state index contributed by atoms with van der Waals surface area (Å²) in [7, 11) is 4.09. The van der Waals surface area contributed by atoms with Gasteiger partial charge in [-0.3, -0.25) is 0 Å².